The number of aromatic nitrogens is 1. The fourth-order valence-electron chi connectivity index (χ4n) is 2.51. The van der Waals surface area contributed by atoms with Crippen molar-refractivity contribution < 1.29 is 0 Å². The zero-order chi connectivity index (χ0) is 12.7. The molecule has 3 aromatic rings. The molecule has 18 heavy (non-hydrogen) atoms. The predicted octanol–water partition coefficient (Wildman–Crippen LogP) is 4.16. The Morgan fingerprint density at radius 3 is 2.56 bits per heavy atom. The highest BCUT2D eigenvalue weighted by atomic mass is 16.3. The zero-order valence-corrected chi connectivity index (χ0v) is 10.4. The summed E-state index contributed by atoms with van der Waals surface area (Å²) in [6.07, 6.45) is 0. The molecule has 0 aliphatic heterocycles. The van der Waals surface area contributed by atoms with E-state index in [-0.39, 0.29) is 6.04 Å². The molecule has 1 unspecified atom stereocenters. The van der Waals surface area contributed by atoms with Crippen LogP contribution >= 0.6 is 0 Å². The van der Waals surface area contributed by atoms with Gasteiger partial charge in [-0.25, -0.2) is 0 Å². The second-order valence-electron chi connectivity index (χ2n) is 4.63. The molecule has 0 saturated carbocycles. The lowest BCUT2D eigenvalue weighted by atomic mass is 10.1. The van der Waals surface area contributed by atoms with E-state index in [2.05, 4.69) is 41.1 Å². The minimum atomic E-state index is -0.298. The van der Waals surface area contributed by atoms with Crippen LogP contribution in [-0.4, -0.2) is 4.57 Å². The molecule has 2 aromatic carbocycles. The van der Waals surface area contributed by atoms with E-state index >= 15 is 0 Å². The molecule has 3 nitrogen and oxygen atoms in total. The van der Waals surface area contributed by atoms with Gasteiger partial charge in [0.1, 0.15) is 6.04 Å². The number of para-hydroxylation sites is 1. The molecule has 3 rings (SSSR count). The van der Waals surface area contributed by atoms with Gasteiger partial charge in [0, 0.05) is 28.9 Å². The molecule has 0 saturated heterocycles. The molecule has 0 amide bonds. The van der Waals surface area contributed by atoms with E-state index < -0.39 is 0 Å². The van der Waals surface area contributed by atoms with Gasteiger partial charge in [-0.05, 0) is 30.7 Å². The van der Waals surface area contributed by atoms with Crippen molar-refractivity contribution in [2.75, 3.05) is 0 Å². The van der Waals surface area contributed by atoms with Crippen molar-refractivity contribution in [3.8, 4) is 0 Å². The van der Waals surface area contributed by atoms with Crippen LogP contribution in [0.5, 0.6) is 0 Å². The van der Waals surface area contributed by atoms with Gasteiger partial charge in [0.2, 0.25) is 0 Å². The van der Waals surface area contributed by atoms with E-state index in [0.29, 0.717) is 0 Å². The van der Waals surface area contributed by atoms with Gasteiger partial charge in [-0.1, -0.05) is 29.4 Å². The summed E-state index contributed by atoms with van der Waals surface area (Å²) in [7, 11) is 2.06. The highest BCUT2D eigenvalue weighted by Crippen LogP contribution is 2.30. The largest absolute Gasteiger partial charge is 0.344 e. The maximum absolute atomic E-state index is 10.7. The van der Waals surface area contributed by atoms with Crippen molar-refractivity contribution in [2.45, 2.75) is 13.0 Å². The Morgan fingerprint density at radius 1 is 1.06 bits per heavy atom. The van der Waals surface area contributed by atoms with Crippen molar-refractivity contribution in [2.24, 2.45) is 12.2 Å². The van der Waals surface area contributed by atoms with Crippen LogP contribution in [0.15, 0.2) is 47.6 Å². The Kier molecular flexibility index (Phi) is 2.40. The Balaban J connectivity index is 2.39. The SMILES string of the molecule is CC(N=O)c1ccc2c(c1)c1ccccc1n2C. The molecule has 1 aromatic heterocycles. The Morgan fingerprint density at radius 2 is 1.78 bits per heavy atom. The van der Waals surface area contributed by atoms with Crippen molar-refractivity contribution >= 4 is 21.8 Å². The van der Waals surface area contributed by atoms with E-state index in [9.17, 15) is 4.91 Å². The molecular weight excluding hydrogens is 224 g/mol. The van der Waals surface area contributed by atoms with Crippen LogP contribution in [-0.2, 0) is 7.05 Å². The van der Waals surface area contributed by atoms with Gasteiger partial charge < -0.3 is 4.57 Å². The molecule has 1 atom stereocenters. The molecule has 0 N–H and O–H groups in total. The number of nitroso groups, excluding NO2 is 1. The summed E-state index contributed by atoms with van der Waals surface area (Å²) in [6.45, 7) is 1.82. The second-order valence-corrected chi connectivity index (χ2v) is 4.63. The summed E-state index contributed by atoms with van der Waals surface area (Å²) in [6, 6.07) is 14.1. The first-order chi connectivity index (χ1) is 8.72. The van der Waals surface area contributed by atoms with Gasteiger partial charge in [-0.3, -0.25) is 0 Å². The summed E-state index contributed by atoms with van der Waals surface area (Å²) < 4.78 is 2.17. The molecular formula is C15H14N2O. The third kappa shape index (κ3) is 1.44. The van der Waals surface area contributed by atoms with Crippen molar-refractivity contribution in [3.63, 3.8) is 0 Å². The van der Waals surface area contributed by atoms with Crippen LogP contribution in [0.25, 0.3) is 21.8 Å². The first-order valence-corrected chi connectivity index (χ1v) is 6.02. The topological polar surface area (TPSA) is 34.4 Å². The number of hydrogen-bond acceptors (Lipinski definition) is 2. The minimum Gasteiger partial charge on any atom is -0.344 e. The highest BCUT2D eigenvalue weighted by molar-refractivity contribution is 6.08. The van der Waals surface area contributed by atoms with Gasteiger partial charge in [-0.2, -0.15) is 4.91 Å². The molecule has 0 bridgehead atoms. The van der Waals surface area contributed by atoms with Crippen LogP contribution in [0.3, 0.4) is 0 Å². The molecule has 0 radical (unpaired) electrons. The zero-order valence-electron chi connectivity index (χ0n) is 10.4. The summed E-state index contributed by atoms with van der Waals surface area (Å²) >= 11 is 0. The van der Waals surface area contributed by atoms with Crippen LogP contribution in [0, 0.1) is 4.91 Å². The maximum Gasteiger partial charge on any atom is 0.114 e. The van der Waals surface area contributed by atoms with Crippen LogP contribution in [0.1, 0.15) is 18.5 Å². The van der Waals surface area contributed by atoms with Gasteiger partial charge in [-0.15, -0.1) is 0 Å². The fourth-order valence-corrected chi connectivity index (χ4v) is 2.51. The predicted molar refractivity (Wildman–Crippen MR) is 74.6 cm³/mol. The van der Waals surface area contributed by atoms with E-state index in [1.54, 1.807) is 0 Å². The first-order valence-electron chi connectivity index (χ1n) is 6.02. The van der Waals surface area contributed by atoms with Crippen LogP contribution in [0.2, 0.25) is 0 Å². The molecule has 0 fully saturated rings. The average Bonchev–Trinajstić information content (AvgIpc) is 2.72. The number of nitrogens with zero attached hydrogens (tertiary/aromatic N) is 2. The lowest BCUT2D eigenvalue weighted by molar-refractivity contribution is 0.813. The molecule has 1 heterocycles. The smallest absolute Gasteiger partial charge is 0.114 e. The maximum atomic E-state index is 10.7. The number of benzene rings is 2. The first kappa shape index (κ1) is 11.0. The second kappa shape index (κ2) is 3.95. The van der Waals surface area contributed by atoms with E-state index in [4.69, 9.17) is 0 Å². The van der Waals surface area contributed by atoms with Crippen LogP contribution < -0.4 is 0 Å². The molecule has 90 valence electrons. The summed E-state index contributed by atoms with van der Waals surface area (Å²) in [4.78, 5) is 10.7. The van der Waals surface area contributed by atoms with E-state index in [1.165, 1.54) is 21.8 Å². The molecule has 3 heteroatoms. The van der Waals surface area contributed by atoms with Crippen molar-refractivity contribution in [3.05, 3.63) is 52.9 Å². The summed E-state index contributed by atoms with van der Waals surface area (Å²) in [5.74, 6) is 0. The third-order valence-corrected chi connectivity index (χ3v) is 3.58. The standard InChI is InChI=1S/C15H14N2O/c1-10(16-18)11-7-8-15-13(9-11)12-5-3-4-6-14(12)17(15)2/h3-10H,1-2H3. The Labute approximate surface area is 105 Å². The number of fused-ring (bicyclic) bond motifs is 3. The Bertz CT molecular complexity index is 743. The summed E-state index contributed by atoms with van der Waals surface area (Å²) in [5.41, 5.74) is 3.35. The quantitative estimate of drug-likeness (QED) is 0.617. The summed E-state index contributed by atoms with van der Waals surface area (Å²) in [5, 5.41) is 5.49. The number of rotatable bonds is 2. The fraction of sp³-hybridized carbons (Fsp3) is 0.200. The number of aryl methyl sites for hydroxylation is 1. The molecule has 0 aliphatic rings. The van der Waals surface area contributed by atoms with Gasteiger partial charge >= 0.3 is 0 Å². The van der Waals surface area contributed by atoms with Gasteiger partial charge in [0.25, 0.3) is 0 Å². The molecule has 0 aliphatic carbocycles. The van der Waals surface area contributed by atoms with E-state index in [0.717, 1.165) is 5.56 Å². The van der Waals surface area contributed by atoms with Gasteiger partial charge in [0.15, 0.2) is 0 Å². The van der Waals surface area contributed by atoms with Crippen molar-refractivity contribution in [1.29, 1.82) is 0 Å². The normalized spacial score (nSPS) is 13.0. The van der Waals surface area contributed by atoms with E-state index in [1.807, 2.05) is 25.1 Å². The average molecular weight is 238 g/mol. The lowest BCUT2D eigenvalue weighted by Gasteiger charge is -2.03. The minimum absolute atomic E-state index is 0.298. The Hall–Kier alpha value is -2.16. The third-order valence-electron chi connectivity index (χ3n) is 3.58. The monoisotopic (exact) mass is 238 g/mol. The van der Waals surface area contributed by atoms with Crippen molar-refractivity contribution in [1.82, 2.24) is 4.57 Å². The number of hydrogen-bond donors (Lipinski definition) is 0. The lowest BCUT2D eigenvalue weighted by Crippen LogP contribution is -1.89. The van der Waals surface area contributed by atoms with Gasteiger partial charge in [0.05, 0.1) is 0 Å². The van der Waals surface area contributed by atoms with Crippen LogP contribution in [0.4, 0.5) is 0 Å². The highest BCUT2D eigenvalue weighted by Gasteiger charge is 2.11. The molecule has 0 spiro atoms.